The first-order chi connectivity index (χ1) is 9.49. The fourth-order valence-corrected chi connectivity index (χ4v) is 4.23. The summed E-state index contributed by atoms with van der Waals surface area (Å²) in [6, 6.07) is 2.89. The largest absolute Gasteiger partial charge is 0.316 e. The molecule has 0 spiro atoms. The van der Waals surface area contributed by atoms with E-state index < -0.39 is 15.8 Å². The molecule has 0 aliphatic heterocycles. The van der Waals surface area contributed by atoms with Crippen LogP contribution in [0.15, 0.2) is 21.5 Å². The first-order valence-electron chi connectivity index (χ1n) is 6.58. The van der Waals surface area contributed by atoms with Crippen LogP contribution in [0.5, 0.6) is 0 Å². The first kappa shape index (κ1) is 18.5. The average Bonchev–Trinajstić information content (AvgIpc) is 2.31. The van der Waals surface area contributed by atoms with Gasteiger partial charge in [0.25, 0.3) is 0 Å². The second-order valence-electron chi connectivity index (χ2n) is 6.23. The second kappa shape index (κ2) is 6.73. The minimum atomic E-state index is -3.87. The van der Waals surface area contributed by atoms with Crippen molar-refractivity contribution in [2.24, 2.45) is 5.41 Å². The Labute approximate surface area is 134 Å². The summed E-state index contributed by atoms with van der Waals surface area (Å²) in [7, 11) is -0.714. The molecule has 0 bridgehead atoms. The van der Waals surface area contributed by atoms with E-state index in [-0.39, 0.29) is 16.9 Å². The number of rotatable bonds is 5. The van der Waals surface area contributed by atoms with Gasteiger partial charge in [0.2, 0.25) is 10.0 Å². The van der Waals surface area contributed by atoms with Gasteiger partial charge in [-0.05, 0) is 24.6 Å². The van der Waals surface area contributed by atoms with E-state index in [1.165, 1.54) is 17.4 Å². The fraction of sp³-hybridized carbons (Fsp3) is 0.571. The molecule has 0 atom stereocenters. The van der Waals surface area contributed by atoms with E-state index in [1.807, 2.05) is 20.8 Å². The van der Waals surface area contributed by atoms with E-state index in [9.17, 15) is 12.8 Å². The number of hydrogen-bond donors (Lipinski definition) is 1. The van der Waals surface area contributed by atoms with Gasteiger partial charge in [0.1, 0.15) is 10.7 Å². The lowest BCUT2D eigenvalue weighted by Gasteiger charge is -2.26. The van der Waals surface area contributed by atoms with Gasteiger partial charge in [0, 0.05) is 30.2 Å². The minimum absolute atomic E-state index is 0.210. The third kappa shape index (κ3) is 4.74. The van der Waals surface area contributed by atoms with Crippen molar-refractivity contribution in [3.8, 4) is 0 Å². The maximum atomic E-state index is 14.5. The lowest BCUT2D eigenvalue weighted by Crippen LogP contribution is -2.35. The van der Waals surface area contributed by atoms with Crippen LogP contribution in [0.2, 0.25) is 0 Å². The average molecular weight is 381 g/mol. The van der Waals surface area contributed by atoms with E-state index in [2.05, 4.69) is 21.2 Å². The van der Waals surface area contributed by atoms with Crippen LogP contribution < -0.4 is 5.32 Å². The van der Waals surface area contributed by atoms with Gasteiger partial charge in [0.15, 0.2) is 0 Å². The van der Waals surface area contributed by atoms with Crippen molar-refractivity contribution < 1.29 is 12.8 Å². The summed E-state index contributed by atoms with van der Waals surface area (Å²) in [5.74, 6) is -0.701. The van der Waals surface area contributed by atoms with Gasteiger partial charge in [-0.15, -0.1) is 0 Å². The highest BCUT2D eigenvalue weighted by Gasteiger charge is 2.29. The molecule has 0 radical (unpaired) electrons. The predicted octanol–water partition coefficient (Wildman–Crippen LogP) is 2.97. The molecule has 0 amide bonds. The summed E-state index contributed by atoms with van der Waals surface area (Å²) in [5, 5.41) is 2.83. The monoisotopic (exact) mass is 380 g/mol. The normalized spacial score (nSPS) is 13.0. The Morgan fingerprint density at radius 3 is 2.38 bits per heavy atom. The Kier molecular flexibility index (Phi) is 5.94. The molecule has 0 aromatic heterocycles. The van der Waals surface area contributed by atoms with Crippen molar-refractivity contribution in [1.82, 2.24) is 9.62 Å². The van der Waals surface area contributed by atoms with Gasteiger partial charge < -0.3 is 5.32 Å². The van der Waals surface area contributed by atoms with E-state index in [0.717, 1.165) is 0 Å². The number of sulfonamides is 1. The summed E-state index contributed by atoms with van der Waals surface area (Å²) in [5.41, 5.74) is 0.104. The Bertz CT molecular complexity index is 612. The lowest BCUT2D eigenvalue weighted by atomic mass is 9.97. The third-order valence-corrected chi connectivity index (χ3v) is 5.09. The molecule has 120 valence electrons. The van der Waals surface area contributed by atoms with Crippen LogP contribution in [0.1, 0.15) is 26.3 Å². The molecule has 4 nitrogen and oxygen atoms in total. The Morgan fingerprint density at radius 2 is 1.90 bits per heavy atom. The van der Waals surface area contributed by atoms with Crippen LogP contribution in [-0.4, -0.2) is 33.4 Å². The Morgan fingerprint density at radius 1 is 1.33 bits per heavy atom. The summed E-state index contributed by atoms with van der Waals surface area (Å²) in [6.45, 7) is 6.37. The standard InChI is InChI=1S/C14H22BrFN2O2S/c1-14(2,3)9-18(5)21(19,20)12-7-11(15)6-10(8-17-4)13(12)16/h6-7,17H,8-9H2,1-5H3. The highest BCUT2D eigenvalue weighted by molar-refractivity contribution is 9.10. The lowest BCUT2D eigenvalue weighted by molar-refractivity contribution is 0.310. The highest BCUT2D eigenvalue weighted by atomic mass is 79.9. The van der Waals surface area contributed by atoms with E-state index in [1.54, 1.807) is 13.1 Å². The van der Waals surface area contributed by atoms with Gasteiger partial charge in [0.05, 0.1) is 0 Å². The van der Waals surface area contributed by atoms with E-state index in [0.29, 0.717) is 16.6 Å². The van der Waals surface area contributed by atoms with Crippen molar-refractivity contribution >= 4 is 26.0 Å². The van der Waals surface area contributed by atoms with Crippen molar-refractivity contribution in [2.45, 2.75) is 32.2 Å². The van der Waals surface area contributed by atoms with Crippen molar-refractivity contribution in [1.29, 1.82) is 0 Å². The zero-order valence-corrected chi connectivity index (χ0v) is 15.4. The zero-order valence-electron chi connectivity index (χ0n) is 13.0. The van der Waals surface area contributed by atoms with Gasteiger partial charge in [-0.25, -0.2) is 17.1 Å². The Hall–Kier alpha value is -0.500. The summed E-state index contributed by atoms with van der Waals surface area (Å²) < 4.78 is 41.4. The number of hydrogen-bond acceptors (Lipinski definition) is 3. The van der Waals surface area contributed by atoms with Crippen LogP contribution in [0, 0.1) is 11.2 Å². The Balaban J connectivity index is 3.31. The number of nitrogens with one attached hydrogen (secondary N) is 1. The predicted molar refractivity (Wildman–Crippen MR) is 86.1 cm³/mol. The second-order valence-corrected chi connectivity index (χ2v) is 9.16. The smallest absolute Gasteiger partial charge is 0.245 e. The molecular weight excluding hydrogens is 359 g/mol. The quantitative estimate of drug-likeness (QED) is 0.853. The van der Waals surface area contributed by atoms with Gasteiger partial charge in [-0.2, -0.15) is 0 Å². The minimum Gasteiger partial charge on any atom is -0.316 e. The summed E-state index contributed by atoms with van der Waals surface area (Å²) in [6.07, 6.45) is 0. The number of benzene rings is 1. The highest BCUT2D eigenvalue weighted by Crippen LogP contribution is 2.27. The van der Waals surface area contributed by atoms with E-state index >= 15 is 0 Å². The maximum absolute atomic E-state index is 14.5. The molecule has 1 N–H and O–H groups in total. The van der Waals surface area contributed by atoms with Crippen LogP contribution in [0.4, 0.5) is 4.39 Å². The number of halogens is 2. The van der Waals surface area contributed by atoms with Crippen LogP contribution in [-0.2, 0) is 16.6 Å². The summed E-state index contributed by atoms with van der Waals surface area (Å²) >= 11 is 3.24. The van der Waals surface area contributed by atoms with Gasteiger partial charge in [-0.1, -0.05) is 36.7 Å². The SMILES string of the molecule is CNCc1cc(Br)cc(S(=O)(=O)N(C)CC(C)(C)C)c1F. The molecule has 21 heavy (non-hydrogen) atoms. The van der Waals surface area contributed by atoms with Gasteiger partial charge >= 0.3 is 0 Å². The van der Waals surface area contributed by atoms with Crippen LogP contribution in [0.25, 0.3) is 0 Å². The molecule has 1 aromatic carbocycles. The molecular formula is C14H22BrFN2O2S. The molecule has 0 unspecified atom stereocenters. The molecule has 0 saturated carbocycles. The molecule has 0 aliphatic rings. The zero-order chi connectivity index (χ0) is 16.4. The van der Waals surface area contributed by atoms with Crippen molar-refractivity contribution in [3.63, 3.8) is 0 Å². The fourth-order valence-electron chi connectivity index (χ4n) is 2.05. The van der Waals surface area contributed by atoms with Crippen molar-refractivity contribution in [3.05, 3.63) is 28.0 Å². The summed E-state index contributed by atoms with van der Waals surface area (Å²) in [4.78, 5) is -0.297. The van der Waals surface area contributed by atoms with Crippen molar-refractivity contribution in [2.75, 3.05) is 20.6 Å². The molecule has 1 aromatic rings. The molecule has 0 heterocycles. The third-order valence-electron chi connectivity index (χ3n) is 2.83. The van der Waals surface area contributed by atoms with E-state index in [4.69, 9.17) is 0 Å². The molecule has 0 fully saturated rings. The van der Waals surface area contributed by atoms with Gasteiger partial charge in [-0.3, -0.25) is 0 Å². The molecule has 0 saturated heterocycles. The molecule has 0 aliphatic carbocycles. The molecule has 1 rings (SSSR count). The van der Waals surface area contributed by atoms with Crippen LogP contribution in [0.3, 0.4) is 0 Å². The first-order valence-corrected chi connectivity index (χ1v) is 8.81. The maximum Gasteiger partial charge on any atom is 0.245 e. The van der Waals surface area contributed by atoms with Crippen LogP contribution >= 0.6 is 15.9 Å². The topological polar surface area (TPSA) is 49.4 Å². The number of nitrogens with zero attached hydrogens (tertiary/aromatic N) is 1. The molecule has 7 heteroatoms.